The number of hydrogen-bond donors (Lipinski definition) is 2. The number of nitrogens with zero attached hydrogens (tertiary/aromatic N) is 3. The normalized spacial score (nSPS) is 24.3. The zero-order valence-electron chi connectivity index (χ0n) is 20.4. The van der Waals surface area contributed by atoms with Gasteiger partial charge in [-0.05, 0) is 62.6 Å². The number of rotatable bonds is 6. The average Bonchev–Trinajstić information content (AvgIpc) is 3.82. The first kappa shape index (κ1) is 24.9. The minimum atomic E-state index is -4.62. The van der Waals surface area contributed by atoms with Crippen LogP contribution in [0.5, 0.6) is 0 Å². The van der Waals surface area contributed by atoms with E-state index in [1.807, 2.05) is 0 Å². The molecule has 2 aliphatic heterocycles. The number of benzene rings is 1. The fraction of sp³-hybridized carbons (Fsp3) is 0.538. The molecule has 2 aromatic rings. The quantitative estimate of drug-likeness (QED) is 0.586. The van der Waals surface area contributed by atoms with Crippen LogP contribution in [0.1, 0.15) is 82.5 Å². The molecule has 2 unspecified atom stereocenters. The molecule has 3 fully saturated rings. The summed E-state index contributed by atoms with van der Waals surface area (Å²) in [5.41, 5.74) is -0.888. The lowest BCUT2D eigenvalue weighted by Crippen LogP contribution is -2.56. The number of carbonyl (C=O) groups excluding carboxylic acids is 2. The highest BCUT2D eigenvalue weighted by Gasteiger charge is 2.55. The number of hydrogen-bond acceptors (Lipinski definition) is 5. The summed E-state index contributed by atoms with van der Waals surface area (Å²) in [7, 11) is 0. The van der Waals surface area contributed by atoms with E-state index in [0.29, 0.717) is 37.4 Å². The molecule has 1 aromatic heterocycles. The fourth-order valence-electron chi connectivity index (χ4n) is 5.76. The lowest BCUT2D eigenvalue weighted by atomic mass is 9.82. The molecule has 3 heterocycles. The number of anilines is 1. The molecule has 2 aliphatic carbocycles. The third-order valence-corrected chi connectivity index (χ3v) is 7.86. The molecule has 4 aliphatic rings. The van der Waals surface area contributed by atoms with Gasteiger partial charge in [0.2, 0.25) is 0 Å². The van der Waals surface area contributed by atoms with Gasteiger partial charge in [0.05, 0.1) is 11.6 Å². The molecule has 1 saturated heterocycles. The molecule has 2 atom stereocenters. The van der Waals surface area contributed by atoms with Gasteiger partial charge in [-0.2, -0.15) is 18.3 Å². The van der Waals surface area contributed by atoms with Crippen molar-refractivity contribution in [2.24, 2.45) is 5.92 Å². The third-order valence-electron chi connectivity index (χ3n) is 7.86. The summed E-state index contributed by atoms with van der Waals surface area (Å²) < 4.78 is 46.9. The summed E-state index contributed by atoms with van der Waals surface area (Å²) in [5.74, 6) is -2.59. The minimum Gasteiger partial charge on any atom is -0.476 e. The molecule has 2 saturated carbocycles. The Morgan fingerprint density at radius 2 is 1.76 bits per heavy atom. The molecule has 1 aromatic carbocycles. The Bertz CT molecular complexity index is 1290. The number of nitrogens with one attached hydrogen (secondary N) is 1. The van der Waals surface area contributed by atoms with Gasteiger partial charge in [0.25, 0.3) is 11.8 Å². The number of aromatic carboxylic acids is 1. The number of fused-ring (bicyclic) bond motifs is 1. The molecular weight excluding hydrogens is 505 g/mol. The van der Waals surface area contributed by atoms with E-state index in [1.54, 1.807) is 9.58 Å². The standard InChI is InChI=1S/C26H27F3N4O5/c27-26(28,29)15-3-1-2-14(12-15)22(34)30-20-18(13-4-5-13)19-21(25(36)37)31-33(17-8-10-38-11-9-17)23(19)32(24(20)35)16-6-7-16/h1-3,12-13,16-18,20H,4-11H2,(H,30,34)(H,36,37). The second kappa shape index (κ2) is 9.11. The fourth-order valence-corrected chi connectivity index (χ4v) is 5.76. The second-order valence-electron chi connectivity index (χ2n) is 10.5. The maximum Gasteiger partial charge on any atom is 0.416 e. The number of carboxylic acids is 1. The van der Waals surface area contributed by atoms with Crippen molar-refractivity contribution in [3.8, 4) is 0 Å². The Kier molecular flexibility index (Phi) is 5.97. The lowest BCUT2D eigenvalue weighted by molar-refractivity contribution is -0.137. The highest BCUT2D eigenvalue weighted by Crippen LogP contribution is 2.53. The number of carbonyl (C=O) groups is 3. The molecule has 12 heteroatoms. The van der Waals surface area contributed by atoms with Crippen LogP contribution in [-0.2, 0) is 15.7 Å². The lowest BCUT2D eigenvalue weighted by Gasteiger charge is -2.40. The highest BCUT2D eigenvalue weighted by molar-refractivity contribution is 6.07. The van der Waals surface area contributed by atoms with Gasteiger partial charge in [-0.25, -0.2) is 9.48 Å². The van der Waals surface area contributed by atoms with Crippen molar-refractivity contribution in [1.82, 2.24) is 15.1 Å². The molecule has 9 nitrogen and oxygen atoms in total. The molecule has 38 heavy (non-hydrogen) atoms. The summed E-state index contributed by atoms with van der Waals surface area (Å²) in [5, 5.41) is 17.3. The van der Waals surface area contributed by atoms with E-state index < -0.39 is 35.6 Å². The Labute approximate surface area is 215 Å². The van der Waals surface area contributed by atoms with Crippen molar-refractivity contribution in [3.63, 3.8) is 0 Å². The smallest absolute Gasteiger partial charge is 0.416 e. The molecule has 0 bridgehead atoms. The number of amides is 2. The molecule has 2 amide bonds. The van der Waals surface area contributed by atoms with Gasteiger partial charge in [0.15, 0.2) is 5.69 Å². The number of alkyl halides is 3. The first-order chi connectivity index (χ1) is 18.1. The van der Waals surface area contributed by atoms with Crippen LogP contribution in [0, 0.1) is 5.92 Å². The summed E-state index contributed by atoms with van der Waals surface area (Å²) in [4.78, 5) is 41.2. The van der Waals surface area contributed by atoms with E-state index in [2.05, 4.69) is 10.4 Å². The SMILES string of the molecule is O=C(NC1C(=O)N(C2CC2)c2c(c(C(=O)O)nn2C2CCOCC2)C1C1CC1)c1cccc(C(F)(F)F)c1. The van der Waals surface area contributed by atoms with E-state index in [-0.39, 0.29) is 35.2 Å². The van der Waals surface area contributed by atoms with E-state index in [1.165, 1.54) is 6.07 Å². The average molecular weight is 533 g/mol. The Morgan fingerprint density at radius 3 is 2.37 bits per heavy atom. The van der Waals surface area contributed by atoms with Crippen molar-refractivity contribution in [2.75, 3.05) is 18.1 Å². The van der Waals surface area contributed by atoms with Gasteiger partial charge in [0.1, 0.15) is 11.9 Å². The van der Waals surface area contributed by atoms with Crippen molar-refractivity contribution >= 4 is 23.6 Å². The summed E-state index contributed by atoms with van der Waals surface area (Å²) in [6.07, 6.45) is -0.409. The Hall–Kier alpha value is -3.41. The Morgan fingerprint density at radius 1 is 1.05 bits per heavy atom. The van der Waals surface area contributed by atoms with E-state index in [9.17, 15) is 32.7 Å². The zero-order chi connectivity index (χ0) is 26.8. The Balaban J connectivity index is 1.43. The first-order valence-corrected chi connectivity index (χ1v) is 12.9. The maximum atomic E-state index is 14.0. The predicted octanol–water partition coefficient (Wildman–Crippen LogP) is 3.75. The van der Waals surface area contributed by atoms with Crippen molar-refractivity contribution < 1.29 is 37.4 Å². The van der Waals surface area contributed by atoms with Gasteiger partial charge >= 0.3 is 12.1 Å². The molecule has 0 spiro atoms. The molecule has 6 rings (SSSR count). The van der Waals surface area contributed by atoms with E-state index >= 15 is 0 Å². The summed E-state index contributed by atoms with van der Waals surface area (Å²) in [6, 6.07) is 2.66. The van der Waals surface area contributed by atoms with E-state index in [4.69, 9.17) is 4.74 Å². The van der Waals surface area contributed by atoms with Crippen LogP contribution in [0.15, 0.2) is 24.3 Å². The van der Waals surface area contributed by atoms with Gasteiger partial charge in [-0.1, -0.05) is 6.07 Å². The number of halogens is 3. The molecule has 2 N–H and O–H groups in total. The molecule has 202 valence electrons. The number of aromatic nitrogens is 2. The van der Waals surface area contributed by atoms with Crippen LogP contribution in [0.4, 0.5) is 19.0 Å². The van der Waals surface area contributed by atoms with E-state index in [0.717, 1.165) is 43.9 Å². The second-order valence-corrected chi connectivity index (χ2v) is 10.5. The van der Waals surface area contributed by atoms with Gasteiger partial charge in [-0.3, -0.25) is 14.5 Å². The molecular formula is C26H27F3N4O5. The van der Waals surface area contributed by atoms with Crippen molar-refractivity contribution in [3.05, 3.63) is 46.6 Å². The third kappa shape index (κ3) is 4.34. The van der Waals surface area contributed by atoms with Crippen molar-refractivity contribution in [2.45, 2.75) is 68.7 Å². The molecule has 0 radical (unpaired) electrons. The number of carboxylic acid groups (broad SMARTS) is 1. The van der Waals surface area contributed by atoms with Crippen LogP contribution in [0.25, 0.3) is 0 Å². The largest absolute Gasteiger partial charge is 0.476 e. The van der Waals surface area contributed by atoms with Gasteiger partial charge < -0.3 is 15.2 Å². The van der Waals surface area contributed by atoms with Gasteiger partial charge in [-0.15, -0.1) is 0 Å². The topological polar surface area (TPSA) is 114 Å². The van der Waals surface area contributed by atoms with Gasteiger partial charge in [0, 0.05) is 36.3 Å². The van der Waals surface area contributed by atoms with Crippen molar-refractivity contribution in [1.29, 1.82) is 0 Å². The van der Waals surface area contributed by atoms with Crippen LogP contribution in [0.2, 0.25) is 0 Å². The first-order valence-electron chi connectivity index (χ1n) is 12.9. The zero-order valence-corrected chi connectivity index (χ0v) is 20.4. The minimum absolute atomic E-state index is 0.0451. The van der Waals surface area contributed by atoms with Crippen LogP contribution >= 0.6 is 0 Å². The van der Waals surface area contributed by atoms with Crippen LogP contribution < -0.4 is 10.2 Å². The van der Waals surface area contributed by atoms with Crippen LogP contribution in [0.3, 0.4) is 0 Å². The maximum absolute atomic E-state index is 14.0. The highest BCUT2D eigenvalue weighted by atomic mass is 19.4. The number of ether oxygens (including phenoxy) is 1. The summed E-state index contributed by atoms with van der Waals surface area (Å²) in [6.45, 7) is 1.00. The predicted molar refractivity (Wildman–Crippen MR) is 127 cm³/mol. The summed E-state index contributed by atoms with van der Waals surface area (Å²) >= 11 is 0. The van der Waals surface area contributed by atoms with Crippen LogP contribution in [-0.4, -0.2) is 58.0 Å². The monoisotopic (exact) mass is 532 g/mol.